The molecule has 1 aromatic heterocycles. The summed E-state index contributed by atoms with van der Waals surface area (Å²) >= 11 is 0. The molecule has 0 radical (unpaired) electrons. The average Bonchev–Trinajstić information content (AvgIpc) is 2.63. The molecule has 5 nitrogen and oxygen atoms in total. The predicted octanol–water partition coefficient (Wildman–Crippen LogP) is 0.802. The number of aryl methyl sites for hydroxylation is 2. The van der Waals surface area contributed by atoms with Gasteiger partial charge in [-0.05, 0) is 13.3 Å². The molecule has 0 amide bonds. The molecule has 1 fully saturated rings. The normalized spacial score (nSPS) is 20.9. The van der Waals surface area contributed by atoms with E-state index in [1.807, 2.05) is 18.7 Å². The van der Waals surface area contributed by atoms with Gasteiger partial charge in [-0.1, -0.05) is 6.92 Å². The van der Waals surface area contributed by atoms with Crippen molar-refractivity contribution in [3.05, 3.63) is 11.3 Å². The second-order valence-corrected chi connectivity index (χ2v) is 4.56. The van der Waals surface area contributed by atoms with Crippen LogP contribution in [0.15, 0.2) is 0 Å². The lowest BCUT2D eigenvalue weighted by Crippen LogP contribution is -2.43. The first-order valence-corrected chi connectivity index (χ1v) is 6.26. The number of ether oxygens (including phenoxy) is 1. The topological polar surface area (TPSA) is 56.3 Å². The average molecular weight is 238 g/mol. The molecule has 1 aliphatic rings. The molecule has 2 N–H and O–H groups in total. The van der Waals surface area contributed by atoms with Crippen LogP contribution in [0.5, 0.6) is 0 Å². The number of aromatic nitrogens is 2. The second-order valence-electron chi connectivity index (χ2n) is 4.56. The Bertz CT molecular complexity index is 388. The molecule has 5 heteroatoms. The number of nitrogens with zero attached hydrogens (tertiary/aromatic N) is 3. The highest BCUT2D eigenvalue weighted by Gasteiger charge is 2.24. The monoisotopic (exact) mass is 238 g/mol. The number of nitrogens with two attached hydrogens (primary N) is 1. The molecule has 0 bridgehead atoms. The Morgan fingerprint density at radius 3 is 2.94 bits per heavy atom. The molecule has 1 unspecified atom stereocenters. The highest BCUT2D eigenvalue weighted by Crippen LogP contribution is 2.25. The lowest BCUT2D eigenvalue weighted by molar-refractivity contribution is 0.0379. The van der Waals surface area contributed by atoms with Crippen molar-refractivity contribution in [2.45, 2.75) is 32.9 Å². The predicted molar refractivity (Wildman–Crippen MR) is 68.1 cm³/mol. The van der Waals surface area contributed by atoms with Crippen molar-refractivity contribution in [1.29, 1.82) is 0 Å². The van der Waals surface area contributed by atoms with Crippen LogP contribution in [0.3, 0.4) is 0 Å². The fourth-order valence-electron chi connectivity index (χ4n) is 2.48. The van der Waals surface area contributed by atoms with Crippen LogP contribution in [0.25, 0.3) is 0 Å². The van der Waals surface area contributed by atoms with E-state index in [2.05, 4.69) is 16.9 Å². The molecule has 2 heterocycles. The summed E-state index contributed by atoms with van der Waals surface area (Å²) in [5.74, 6) is 1.16. The minimum Gasteiger partial charge on any atom is -0.375 e. The molecule has 0 saturated carbocycles. The van der Waals surface area contributed by atoms with Crippen LogP contribution in [-0.4, -0.2) is 35.6 Å². The molecule has 0 aliphatic carbocycles. The molecule has 1 saturated heterocycles. The maximum Gasteiger partial charge on any atom is 0.131 e. The fourth-order valence-corrected chi connectivity index (χ4v) is 2.48. The molecule has 0 aromatic carbocycles. The van der Waals surface area contributed by atoms with E-state index >= 15 is 0 Å². The van der Waals surface area contributed by atoms with Crippen LogP contribution in [0.4, 0.5) is 5.82 Å². The summed E-state index contributed by atoms with van der Waals surface area (Å²) in [6.07, 6.45) is 1.37. The maximum absolute atomic E-state index is 5.83. The third-order valence-electron chi connectivity index (χ3n) is 3.41. The lowest BCUT2D eigenvalue weighted by Gasteiger charge is -2.34. The summed E-state index contributed by atoms with van der Waals surface area (Å²) < 4.78 is 7.64. The van der Waals surface area contributed by atoms with Crippen LogP contribution < -0.4 is 10.6 Å². The van der Waals surface area contributed by atoms with Crippen LogP contribution >= 0.6 is 0 Å². The quantitative estimate of drug-likeness (QED) is 0.846. The molecule has 1 atom stereocenters. The summed E-state index contributed by atoms with van der Waals surface area (Å²) in [5.41, 5.74) is 8.02. The number of morpholine rings is 1. The van der Waals surface area contributed by atoms with Crippen molar-refractivity contribution in [1.82, 2.24) is 9.78 Å². The molecular formula is C12H22N4O. The largest absolute Gasteiger partial charge is 0.375 e. The van der Waals surface area contributed by atoms with E-state index in [9.17, 15) is 0 Å². The third-order valence-corrected chi connectivity index (χ3v) is 3.41. The Morgan fingerprint density at radius 2 is 2.29 bits per heavy atom. The van der Waals surface area contributed by atoms with Crippen molar-refractivity contribution < 1.29 is 4.74 Å². The smallest absolute Gasteiger partial charge is 0.131 e. The van der Waals surface area contributed by atoms with Gasteiger partial charge in [-0.15, -0.1) is 0 Å². The van der Waals surface area contributed by atoms with Crippen molar-refractivity contribution >= 4 is 5.82 Å². The standard InChI is InChI=1S/C12H22N4O/c1-4-10-8-16(5-6-17-10)12-11(7-13)9(2)14-15(12)3/h10H,4-8,13H2,1-3H3. The van der Waals surface area contributed by atoms with Gasteiger partial charge in [-0.3, -0.25) is 4.68 Å². The van der Waals surface area contributed by atoms with E-state index in [0.717, 1.165) is 43.2 Å². The van der Waals surface area contributed by atoms with Crippen molar-refractivity contribution in [2.75, 3.05) is 24.6 Å². The zero-order valence-corrected chi connectivity index (χ0v) is 10.9. The van der Waals surface area contributed by atoms with Gasteiger partial charge in [0.1, 0.15) is 5.82 Å². The summed E-state index contributed by atoms with van der Waals surface area (Å²) in [5, 5.41) is 4.46. The first-order valence-electron chi connectivity index (χ1n) is 6.26. The molecule has 1 aromatic rings. The van der Waals surface area contributed by atoms with E-state index < -0.39 is 0 Å². The second kappa shape index (κ2) is 5.06. The maximum atomic E-state index is 5.83. The SMILES string of the molecule is CCC1CN(c2c(CN)c(C)nn2C)CCO1. The molecular weight excluding hydrogens is 216 g/mol. The van der Waals surface area contributed by atoms with Gasteiger partial charge in [0.25, 0.3) is 0 Å². The minimum absolute atomic E-state index is 0.324. The Morgan fingerprint density at radius 1 is 1.53 bits per heavy atom. The van der Waals surface area contributed by atoms with E-state index in [4.69, 9.17) is 10.5 Å². The Hall–Kier alpha value is -1.07. The Balaban J connectivity index is 2.26. The van der Waals surface area contributed by atoms with Gasteiger partial charge in [-0.2, -0.15) is 5.10 Å². The van der Waals surface area contributed by atoms with Gasteiger partial charge in [0.05, 0.1) is 18.4 Å². The zero-order valence-electron chi connectivity index (χ0n) is 10.9. The van der Waals surface area contributed by atoms with Gasteiger partial charge < -0.3 is 15.4 Å². The van der Waals surface area contributed by atoms with Gasteiger partial charge in [-0.25, -0.2) is 0 Å². The summed E-state index contributed by atoms with van der Waals surface area (Å²) in [6.45, 7) is 7.36. The number of hydrogen-bond acceptors (Lipinski definition) is 4. The lowest BCUT2D eigenvalue weighted by atomic mass is 10.2. The van der Waals surface area contributed by atoms with E-state index in [1.54, 1.807) is 0 Å². The zero-order chi connectivity index (χ0) is 12.4. The summed E-state index contributed by atoms with van der Waals surface area (Å²) in [6, 6.07) is 0. The van der Waals surface area contributed by atoms with Gasteiger partial charge in [0, 0.05) is 32.2 Å². The summed E-state index contributed by atoms with van der Waals surface area (Å²) in [4.78, 5) is 2.35. The number of hydrogen-bond donors (Lipinski definition) is 1. The van der Waals surface area contributed by atoms with Gasteiger partial charge >= 0.3 is 0 Å². The fraction of sp³-hybridized carbons (Fsp3) is 0.750. The van der Waals surface area contributed by atoms with Crippen LogP contribution in [0.2, 0.25) is 0 Å². The van der Waals surface area contributed by atoms with Crippen LogP contribution in [0, 0.1) is 6.92 Å². The Labute approximate surface area is 103 Å². The molecule has 1 aliphatic heterocycles. The van der Waals surface area contributed by atoms with Gasteiger partial charge in [0.2, 0.25) is 0 Å². The van der Waals surface area contributed by atoms with E-state index in [0.29, 0.717) is 12.6 Å². The van der Waals surface area contributed by atoms with Gasteiger partial charge in [0.15, 0.2) is 0 Å². The highest BCUT2D eigenvalue weighted by molar-refractivity contribution is 5.50. The van der Waals surface area contributed by atoms with E-state index in [-0.39, 0.29) is 0 Å². The van der Waals surface area contributed by atoms with Crippen molar-refractivity contribution in [2.24, 2.45) is 12.8 Å². The highest BCUT2D eigenvalue weighted by atomic mass is 16.5. The Kier molecular flexibility index (Phi) is 3.69. The van der Waals surface area contributed by atoms with Crippen molar-refractivity contribution in [3.8, 4) is 0 Å². The molecule has 2 rings (SSSR count). The van der Waals surface area contributed by atoms with Crippen LogP contribution in [-0.2, 0) is 18.3 Å². The van der Waals surface area contributed by atoms with Crippen LogP contribution in [0.1, 0.15) is 24.6 Å². The van der Waals surface area contributed by atoms with E-state index in [1.165, 1.54) is 0 Å². The first kappa shape index (κ1) is 12.4. The minimum atomic E-state index is 0.324. The molecule has 96 valence electrons. The molecule has 17 heavy (non-hydrogen) atoms. The van der Waals surface area contributed by atoms with Crippen molar-refractivity contribution in [3.63, 3.8) is 0 Å². The number of rotatable bonds is 3. The first-order chi connectivity index (χ1) is 8.17. The third kappa shape index (κ3) is 2.30. The number of anilines is 1. The summed E-state index contributed by atoms with van der Waals surface area (Å²) in [7, 11) is 1.98. The molecule has 0 spiro atoms.